The van der Waals surface area contributed by atoms with Gasteiger partial charge >= 0.3 is 0 Å². The van der Waals surface area contributed by atoms with Gasteiger partial charge in [-0.25, -0.2) is 0 Å². The molecule has 0 aromatic heterocycles. The van der Waals surface area contributed by atoms with Crippen LogP contribution in [0, 0.1) is 6.92 Å². The molecule has 0 saturated carbocycles. The predicted molar refractivity (Wildman–Crippen MR) is 95.2 cm³/mol. The highest BCUT2D eigenvalue weighted by Gasteiger charge is 2.34. The number of ether oxygens (including phenoxy) is 2. The number of halogens is 1. The second-order valence-corrected chi connectivity index (χ2v) is 6.52. The van der Waals surface area contributed by atoms with E-state index >= 15 is 0 Å². The Morgan fingerprint density at radius 1 is 1.25 bits per heavy atom. The zero-order valence-corrected chi connectivity index (χ0v) is 14.9. The van der Waals surface area contributed by atoms with Gasteiger partial charge in [-0.05, 0) is 38.2 Å². The molecular formula is C18H27ClN2O3. The van der Waals surface area contributed by atoms with Crippen molar-refractivity contribution in [3.63, 3.8) is 0 Å². The molecular weight excluding hydrogens is 328 g/mol. The van der Waals surface area contributed by atoms with E-state index in [9.17, 15) is 4.79 Å². The summed E-state index contributed by atoms with van der Waals surface area (Å²) in [5, 5.41) is 3.14. The quantitative estimate of drug-likeness (QED) is 0.869. The van der Waals surface area contributed by atoms with Crippen LogP contribution in [-0.2, 0) is 14.3 Å². The highest BCUT2D eigenvalue weighted by Crippen LogP contribution is 2.29. The van der Waals surface area contributed by atoms with Crippen LogP contribution in [-0.4, -0.2) is 37.3 Å². The molecule has 2 heterocycles. The van der Waals surface area contributed by atoms with Gasteiger partial charge in [-0.2, -0.15) is 0 Å². The predicted octanol–water partition coefficient (Wildman–Crippen LogP) is 2.26. The monoisotopic (exact) mass is 354 g/mol. The number of hydrogen-bond acceptors (Lipinski definition) is 4. The number of carbonyl (C=O) groups excluding carboxylic acids is 1. The zero-order chi connectivity index (χ0) is 16.2. The molecule has 2 aliphatic heterocycles. The van der Waals surface area contributed by atoms with Crippen LogP contribution in [0.2, 0.25) is 0 Å². The lowest BCUT2D eigenvalue weighted by atomic mass is 9.95. The molecule has 1 amide bonds. The standard InChI is InChI=1S/C18H26N2O3.ClH/c1-12-4-6-13(7-5-12)17-15(3-2-10-22-17)20-18(21)16-9-8-14(11-19)23-16;/h4-7,14-17H,2-3,8-11,19H2,1H3,(H,20,21);1H/t14-,15?,16+,17?;/m1./s1. The van der Waals surface area contributed by atoms with Crippen LogP contribution < -0.4 is 11.1 Å². The Morgan fingerprint density at radius 2 is 2.00 bits per heavy atom. The molecule has 2 fully saturated rings. The van der Waals surface area contributed by atoms with E-state index < -0.39 is 0 Å². The van der Waals surface area contributed by atoms with E-state index in [1.165, 1.54) is 5.56 Å². The van der Waals surface area contributed by atoms with Crippen molar-refractivity contribution in [2.24, 2.45) is 5.73 Å². The van der Waals surface area contributed by atoms with Crippen molar-refractivity contribution >= 4 is 18.3 Å². The molecule has 2 unspecified atom stereocenters. The Labute approximate surface area is 149 Å². The third-order valence-corrected chi connectivity index (χ3v) is 4.72. The van der Waals surface area contributed by atoms with Crippen LogP contribution in [0.25, 0.3) is 0 Å². The van der Waals surface area contributed by atoms with Crippen molar-refractivity contribution in [2.45, 2.75) is 57.0 Å². The number of rotatable bonds is 4. The number of hydrogen-bond donors (Lipinski definition) is 2. The van der Waals surface area contributed by atoms with Gasteiger partial charge in [-0.1, -0.05) is 29.8 Å². The largest absolute Gasteiger partial charge is 0.371 e. The van der Waals surface area contributed by atoms with Crippen molar-refractivity contribution in [2.75, 3.05) is 13.2 Å². The molecule has 3 N–H and O–H groups in total. The number of aryl methyl sites for hydroxylation is 1. The SMILES string of the molecule is Cc1ccc(C2OCCCC2NC(=O)[C@@H]2CC[C@H](CN)O2)cc1.Cl. The number of amides is 1. The van der Waals surface area contributed by atoms with Crippen molar-refractivity contribution in [1.29, 1.82) is 0 Å². The summed E-state index contributed by atoms with van der Waals surface area (Å²) in [4.78, 5) is 12.5. The minimum Gasteiger partial charge on any atom is -0.371 e. The Bertz CT molecular complexity index is 538. The Kier molecular flexibility index (Phi) is 7.04. The van der Waals surface area contributed by atoms with Crippen LogP contribution in [0.5, 0.6) is 0 Å². The molecule has 0 spiro atoms. The second-order valence-electron chi connectivity index (χ2n) is 6.52. The average Bonchev–Trinajstić information content (AvgIpc) is 3.05. The van der Waals surface area contributed by atoms with E-state index in [0.717, 1.165) is 37.9 Å². The Balaban J connectivity index is 0.00000208. The van der Waals surface area contributed by atoms with Crippen LogP contribution in [0.1, 0.15) is 42.9 Å². The van der Waals surface area contributed by atoms with Crippen molar-refractivity contribution < 1.29 is 14.3 Å². The van der Waals surface area contributed by atoms with Crippen molar-refractivity contribution in [3.8, 4) is 0 Å². The van der Waals surface area contributed by atoms with E-state index in [4.69, 9.17) is 15.2 Å². The van der Waals surface area contributed by atoms with Crippen molar-refractivity contribution in [1.82, 2.24) is 5.32 Å². The first kappa shape index (κ1) is 19.2. The van der Waals surface area contributed by atoms with Gasteiger partial charge in [-0.3, -0.25) is 4.79 Å². The summed E-state index contributed by atoms with van der Waals surface area (Å²) in [7, 11) is 0. The molecule has 5 nitrogen and oxygen atoms in total. The minimum absolute atomic E-state index is 0. The first-order valence-corrected chi connectivity index (χ1v) is 8.51. The molecule has 6 heteroatoms. The number of carbonyl (C=O) groups is 1. The lowest BCUT2D eigenvalue weighted by Crippen LogP contribution is -2.46. The van der Waals surface area contributed by atoms with E-state index in [1.807, 2.05) is 0 Å². The molecule has 3 rings (SSSR count). The molecule has 4 atom stereocenters. The highest BCUT2D eigenvalue weighted by molar-refractivity contribution is 5.85. The lowest BCUT2D eigenvalue weighted by Gasteiger charge is -2.33. The number of nitrogens with two attached hydrogens (primary N) is 1. The average molecular weight is 355 g/mol. The normalized spacial score (nSPS) is 29.8. The summed E-state index contributed by atoms with van der Waals surface area (Å²) < 4.78 is 11.6. The van der Waals surface area contributed by atoms with Crippen molar-refractivity contribution in [3.05, 3.63) is 35.4 Å². The Morgan fingerprint density at radius 3 is 2.67 bits per heavy atom. The highest BCUT2D eigenvalue weighted by atomic mass is 35.5. The van der Waals surface area contributed by atoms with Crippen LogP contribution in [0.4, 0.5) is 0 Å². The molecule has 2 saturated heterocycles. The molecule has 134 valence electrons. The summed E-state index contributed by atoms with van der Waals surface area (Å²) in [6.07, 6.45) is 3.06. The number of nitrogens with one attached hydrogen (secondary N) is 1. The van der Waals surface area contributed by atoms with Gasteiger partial charge in [0.25, 0.3) is 0 Å². The fourth-order valence-corrected chi connectivity index (χ4v) is 3.36. The van der Waals surface area contributed by atoms with Gasteiger partial charge in [0.1, 0.15) is 12.2 Å². The fourth-order valence-electron chi connectivity index (χ4n) is 3.36. The zero-order valence-electron chi connectivity index (χ0n) is 14.1. The summed E-state index contributed by atoms with van der Waals surface area (Å²) in [6.45, 7) is 3.28. The second kappa shape index (κ2) is 8.81. The summed E-state index contributed by atoms with van der Waals surface area (Å²) in [6, 6.07) is 8.33. The molecule has 1 aromatic carbocycles. The summed E-state index contributed by atoms with van der Waals surface area (Å²) in [5.41, 5.74) is 7.95. The molecule has 0 bridgehead atoms. The topological polar surface area (TPSA) is 73.6 Å². The minimum atomic E-state index is -0.371. The van der Waals surface area contributed by atoms with Gasteiger partial charge in [-0.15, -0.1) is 12.4 Å². The molecule has 1 aromatic rings. The van der Waals surface area contributed by atoms with Gasteiger partial charge in [0.15, 0.2) is 0 Å². The maximum absolute atomic E-state index is 12.5. The smallest absolute Gasteiger partial charge is 0.249 e. The molecule has 0 aliphatic carbocycles. The van der Waals surface area contributed by atoms with Gasteiger partial charge in [0.2, 0.25) is 5.91 Å². The summed E-state index contributed by atoms with van der Waals surface area (Å²) >= 11 is 0. The van der Waals surface area contributed by atoms with Crippen LogP contribution in [0.3, 0.4) is 0 Å². The first-order chi connectivity index (χ1) is 11.2. The van der Waals surface area contributed by atoms with Crippen LogP contribution >= 0.6 is 12.4 Å². The number of benzene rings is 1. The van der Waals surface area contributed by atoms with Gasteiger partial charge < -0.3 is 20.5 Å². The molecule has 24 heavy (non-hydrogen) atoms. The fraction of sp³-hybridized carbons (Fsp3) is 0.611. The maximum atomic E-state index is 12.5. The Hall–Kier alpha value is -1.14. The van der Waals surface area contributed by atoms with E-state index in [-0.39, 0.29) is 42.7 Å². The van der Waals surface area contributed by atoms with E-state index in [2.05, 4.69) is 36.5 Å². The molecule has 2 aliphatic rings. The third-order valence-electron chi connectivity index (χ3n) is 4.72. The molecule has 0 radical (unpaired) electrons. The lowest BCUT2D eigenvalue weighted by molar-refractivity contribution is -0.134. The van der Waals surface area contributed by atoms with Crippen LogP contribution in [0.15, 0.2) is 24.3 Å². The maximum Gasteiger partial charge on any atom is 0.249 e. The van der Waals surface area contributed by atoms with Gasteiger partial charge in [0.05, 0.1) is 12.1 Å². The summed E-state index contributed by atoms with van der Waals surface area (Å²) in [5.74, 6) is -0.0337. The van der Waals surface area contributed by atoms with E-state index in [1.54, 1.807) is 0 Å². The van der Waals surface area contributed by atoms with E-state index in [0.29, 0.717) is 6.54 Å². The third kappa shape index (κ3) is 4.48. The first-order valence-electron chi connectivity index (χ1n) is 8.51. The van der Waals surface area contributed by atoms with Gasteiger partial charge in [0, 0.05) is 13.2 Å².